The lowest BCUT2D eigenvalue weighted by Gasteiger charge is -2.28. The molecule has 2 rings (SSSR count). The highest BCUT2D eigenvalue weighted by Gasteiger charge is 2.39. The number of aliphatic imine (C=N–C) groups is 1. The SMILES string of the molecule is Cc1nc(N(CC2=CCC(C(F)(F)F)N=C2)C(=O)OC(C)(C)C)ccc1C=O. The Labute approximate surface area is 161 Å². The van der Waals surface area contributed by atoms with Crippen LogP contribution in [0.1, 0.15) is 43.2 Å². The summed E-state index contributed by atoms with van der Waals surface area (Å²) in [6.07, 6.45) is -2.25. The van der Waals surface area contributed by atoms with Gasteiger partial charge >= 0.3 is 12.3 Å². The number of anilines is 1. The van der Waals surface area contributed by atoms with Gasteiger partial charge in [0.1, 0.15) is 17.5 Å². The van der Waals surface area contributed by atoms with Crippen molar-refractivity contribution in [1.29, 1.82) is 0 Å². The molecule has 1 aliphatic rings. The molecule has 0 N–H and O–H groups in total. The van der Waals surface area contributed by atoms with Crippen molar-refractivity contribution >= 4 is 24.4 Å². The molecular formula is C19H22F3N3O3. The van der Waals surface area contributed by atoms with Gasteiger partial charge in [0.2, 0.25) is 0 Å². The van der Waals surface area contributed by atoms with Crippen LogP contribution in [0.25, 0.3) is 0 Å². The van der Waals surface area contributed by atoms with E-state index in [9.17, 15) is 22.8 Å². The smallest absolute Gasteiger partial charge is 0.416 e. The third-order valence-electron chi connectivity index (χ3n) is 3.87. The molecule has 0 saturated heterocycles. The van der Waals surface area contributed by atoms with Crippen LogP contribution < -0.4 is 4.90 Å². The lowest BCUT2D eigenvalue weighted by molar-refractivity contribution is -0.146. The van der Waals surface area contributed by atoms with Crippen LogP contribution in [-0.4, -0.2) is 47.9 Å². The molecule has 0 bridgehead atoms. The quantitative estimate of drug-likeness (QED) is 0.711. The summed E-state index contributed by atoms with van der Waals surface area (Å²) in [6.45, 7) is 6.66. The Morgan fingerprint density at radius 3 is 2.46 bits per heavy atom. The Morgan fingerprint density at radius 2 is 2.00 bits per heavy atom. The number of dihydropyridines is 1. The summed E-state index contributed by atoms with van der Waals surface area (Å²) in [5.74, 6) is 0.226. The Hall–Kier alpha value is -2.71. The zero-order valence-electron chi connectivity index (χ0n) is 16.1. The molecule has 0 aliphatic carbocycles. The Balaban J connectivity index is 2.28. The van der Waals surface area contributed by atoms with E-state index in [1.165, 1.54) is 23.1 Å². The van der Waals surface area contributed by atoms with E-state index in [1.807, 2.05) is 0 Å². The van der Waals surface area contributed by atoms with Crippen LogP contribution in [0, 0.1) is 6.92 Å². The first-order valence-electron chi connectivity index (χ1n) is 8.63. The zero-order valence-corrected chi connectivity index (χ0v) is 16.1. The number of pyridine rings is 1. The molecule has 152 valence electrons. The second kappa shape index (κ2) is 8.12. The van der Waals surface area contributed by atoms with Gasteiger partial charge in [-0.25, -0.2) is 9.78 Å². The molecule has 28 heavy (non-hydrogen) atoms. The first kappa shape index (κ1) is 21.6. The van der Waals surface area contributed by atoms with Crippen molar-refractivity contribution in [2.24, 2.45) is 4.99 Å². The number of aromatic nitrogens is 1. The lowest BCUT2D eigenvalue weighted by atomic mass is 10.1. The lowest BCUT2D eigenvalue weighted by Crippen LogP contribution is -2.39. The molecule has 1 aromatic heterocycles. The molecule has 0 aromatic carbocycles. The van der Waals surface area contributed by atoms with Gasteiger partial charge in [-0.2, -0.15) is 13.2 Å². The van der Waals surface area contributed by atoms with E-state index in [-0.39, 0.29) is 18.8 Å². The van der Waals surface area contributed by atoms with Crippen molar-refractivity contribution in [3.63, 3.8) is 0 Å². The van der Waals surface area contributed by atoms with Crippen molar-refractivity contribution in [2.75, 3.05) is 11.4 Å². The number of hydrogen-bond acceptors (Lipinski definition) is 5. The maximum atomic E-state index is 12.8. The van der Waals surface area contributed by atoms with E-state index in [1.54, 1.807) is 27.7 Å². The highest BCUT2D eigenvalue weighted by Crippen LogP contribution is 2.28. The fourth-order valence-corrected chi connectivity index (χ4v) is 2.46. The van der Waals surface area contributed by atoms with Crippen molar-refractivity contribution < 1.29 is 27.5 Å². The number of alkyl halides is 3. The Bertz CT molecular complexity index is 811. The highest BCUT2D eigenvalue weighted by atomic mass is 19.4. The number of aryl methyl sites for hydroxylation is 1. The van der Waals surface area contributed by atoms with E-state index in [4.69, 9.17) is 4.74 Å². The van der Waals surface area contributed by atoms with Gasteiger partial charge in [-0.1, -0.05) is 6.08 Å². The third kappa shape index (κ3) is 5.64. The van der Waals surface area contributed by atoms with Crippen LogP contribution in [0.5, 0.6) is 0 Å². The van der Waals surface area contributed by atoms with Gasteiger partial charge in [-0.15, -0.1) is 0 Å². The molecule has 0 fully saturated rings. The fourth-order valence-electron chi connectivity index (χ4n) is 2.46. The van der Waals surface area contributed by atoms with Crippen molar-refractivity contribution in [1.82, 2.24) is 4.98 Å². The monoisotopic (exact) mass is 397 g/mol. The number of halogens is 3. The van der Waals surface area contributed by atoms with Gasteiger partial charge in [0, 0.05) is 11.8 Å². The van der Waals surface area contributed by atoms with Crippen LogP contribution in [0.15, 0.2) is 28.8 Å². The van der Waals surface area contributed by atoms with Gasteiger partial charge in [-0.05, 0) is 51.8 Å². The summed E-state index contributed by atoms with van der Waals surface area (Å²) in [6, 6.07) is 1.23. The molecule has 1 aromatic rings. The minimum atomic E-state index is -4.41. The number of nitrogens with zero attached hydrogens (tertiary/aromatic N) is 3. The van der Waals surface area contributed by atoms with Gasteiger partial charge < -0.3 is 4.74 Å². The van der Waals surface area contributed by atoms with Crippen molar-refractivity contribution in [3.05, 3.63) is 35.0 Å². The molecule has 0 saturated carbocycles. The molecular weight excluding hydrogens is 375 g/mol. The van der Waals surface area contributed by atoms with Crippen LogP contribution in [0.4, 0.5) is 23.8 Å². The maximum Gasteiger partial charge on any atom is 0.416 e. The van der Waals surface area contributed by atoms with Crippen molar-refractivity contribution in [2.45, 2.75) is 51.9 Å². The van der Waals surface area contributed by atoms with Crippen LogP contribution in [0.2, 0.25) is 0 Å². The summed E-state index contributed by atoms with van der Waals surface area (Å²) in [7, 11) is 0. The average Bonchev–Trinajstić information content (AvgIpc) is 2.57. The summed E-state index contributed by atoms with van der Waals surface area (Å²) in [5.41, 5.74) is 0.456. The van der Waals surface area contributed by atoms with Gasteiger partial charge in [0.15, 0.2) is 6.29 Å². The number of ether oxygens (including phenoxy) is 1. The molecule has 1 aliphatic heterocycles. The summed E-state index contributed by atoms with van der Waals surface area (Å²) in [5, 5.41) is 0. The van der Waals surface area contributed by atoms with Crippen LogP contribution in [-0.2, 0) is 4.74 Å². The minimum Gasteiger partial charge on any atom is -0.443 e. The second-order valence-corrected chi connectivity index (χ2v) is 7.38. The van der Waals surface area contributed by atoms with Crippen molar-refractivity contribution in [3.8, 4) is 0 Å². The third-order valence-corrected chi connectivity index (χ3v) is 3.87. The number of hydrogen-bond donors (Lipinski definition) is 0. The minimum absolute atomic E-state index is 0.0597. The van der Waals surface area contributed by atoms with E-state index in [0.29, 0.717) is 23.1 Å². The topological polar surface area (TPSA) is 71.9 Å². The fraction of sp³-hybridized carbons (Fsp3) is 0.474. The zero-order chi connectivity index (χ0) is 21.1. The number of carbonyl (C=O) groups excluding carboxylic acids is 2. The molecule has 1 atom stereocenters. The maximum absolute atomic E-state index is 12.8. The number of carbonyl (C=O) groups is 2. The van der Waals surface area contributed by atoms with Crippen LogP contribution in [0.3, 0.4) is 0 Å². The standard InChI is InChI=1S/C19H22F3N3O3/c1-12-14(11-26)6-8-16(24-12)25(17(27)28-18(2,3)4)10-13-5-7-15(23-9-13)19(20,21)22/h5-6,8-9,11,15H,7,10H2,1-4H3. The molecule has 2 heterocycles. The van der Waals surface area contributed by atoms with E-state index < -0.39 is 23.9 Å². The molecule has 1 unspecified atom stereocenters. The number of rotatable bonds is 4. The largest absolute Gasteiger partial charge is 0.443 e. The predicted molar refractivity (Wildman–Crippen MR) is 99.0 cm³/mol. The normalized spacial score (nSPS) is 17.1. The highest BCUT2D eigenvalue weighted by molar-refractivity contribution is 5.91. The second-order valence-electron chi connectivity index (χ2n) is 7.38. The summed E-state index contributed by atoms with van der Waals surface area (Å²) >= 11 is 0. The van der Waals surface area contributed by atoms with Crippen LogP contribution >= 0.6 is 0 Å². The Kier molecular flexibility index (Phi) is 6.26. The molecule has 6 nitrogen and oxygen atoms in total. The molecule has 0 spiro atoms. The van der Waals surface area contributed by atoms with E-state index in [0.717, 1.165) is 6.21 Å². The number of amides is 1. The molecule has 0 radical (unpaired) electrons. The van der Waals surface area contributed by atoms with Gasteiger partial charge in [0.25, 0.3) is 0 Å². The summed E-state index contributed by atoms with van der Waals surface area (Å²) < 4.78 is 43.7. The summed E-state index contributed by atoms with van der Waals surface area (Å²) in [4.78, 5) is 32.7. The van der Waals surface area contributed by atoms with E-state index >= 15 is 0 Å². The number of aldehydes is 1. The molecule has 9 heteroatoms. The van der Waals surface area contributed by atoms with Gasteiger partial charge in [-0.3, -0.25) is 14.7 Å². The predicted octanol–water partition coefficient (Wildman–Crippen LogP) is 4.28. The first-order valence-corrected chi connectivity index (χ1v) is 8.63. The molecule has 1 amide bonds. The van der Waals surface area contributed by atoms with E-state index in [2.05, 4.69) is 9.98 Å². The first-order chi connectivity index (χ1) is 12.9. The average molecular weight is 397 g/mol. The Morgan fingerprint density at radius 1 is 1.32 bits per heavy atom. The van der Waals surface area contributed by atoms with Gasteiger partial charge in [0.05, 0.1) is 12.2 Å².